The van der Waals surface area contributed by atoms with Crippen molar-refractivity contribution in [2.75, 3.05) is 0 Å². The highest BCUT2D eigenvalue weighted by Gasteiger charge is 2.32. The summed E-state index contributed by atoms with van der Waals surface area (Å²) in [5.74, 6) is -1.87. The molecule has 0 atom stereocenters. The third-order valence-electron chi connectivity index (χ3n) is 3.77. The Bertz CT molecular complexity index is 679. The molecule has 1 fully saturated rings. The van der Waals surface area contributed by atoms with Gasteiger partial charge in [-0.05, 0) is 49.9 Å². The maximum atomic E-state index is 12.2. The molecule has 0 bridgehead atoms. The predicted octanol–water partition coefficient (Wildman–Crippen LogP) is 2.51. The summed E-state index contributed by atoms with van der Waals surface area (Å²) in [6.07, 6.45) is -3.31. The molecule has 24 heavy (non-hydrogen) atoms. The van der Waals surface area contributed by atoms with Crippen LogP contribution in [0.1, 0.15) is 25.7 Å². The lowest BCUT2D eigenvalue weighted by Crippen LogP contribution is -2.38. The van der Waals surface area contributed by atoms with Gasteiger partial charge in [-0.2, -0.15) is 0 Å². The van der Waals surface area contributed by atoms with Crippen LogP contribution in [0.25, 0.3) is 0 Å². The molecule has 0 aliphatic heterocycles. The average Bonchev–Trinajstić information content (AvgIpc) is 2.46. The number of nitrogens with one attached hydrogen (secondary N) is 1. The van der Waals surface area contributed by atoms with Crippen LogP contribution in [-0.4, -0.2) is 31.9 Å². The van der Waals surface area contributed by atoms with Gasteiger partial charge in [0.15, 0.2) is 0 Å². The lowest BCUT2D eigenvalue weighted by atomic mass is 9.87. The van der Waals surface area contributed by atoms with Crippen molar-refractivity contribution in [3.8, 4) is 5.75 Å². The molecule has 0 unspecified atom stereocenters. The molecular formula is C14H16F3NO5S. The number of sulfonamides is 1. The summed E-state index contributed by atoms with van der Waals surface area (Å²) < 4.78 is 66.8. The largest absolute Gasteiger partial charge is 0.573 e. The van der Waals surface area contributed by atoms with E-state index >= 15 is 0 Å². The maximum absolute atomic E-state index is 12.2. The summed E-state index contributed by atoms with van der Waals surface area (Å²) in [5, 5.41) is 8.91. The summed E-state index contributed by atoms with van der Waals surface area (Å²) in [6.45, 7) is 0. The Hall–Kier alpha value is -1.81. The van der Waals surface area contributed by atoms with Gasteiger partial charge >= 0.3 is 12.3 Å². The van der Waals surface area contributed by atoms with Crippen LogP contribution in [0.3, 0.4) is 0 Å². The molecule has 2 rings (SSSR count). The maximum Gasteiger partial charge on any atom is 0.573 e. The van der Waals surface area contributed by atoms with Crippen molar-refractivity contribution in [1.29, 1.82) is 0 Å². The minimum Gasteiger partial charge on any atom is -0.481 e. The second kappa shape index (κ2) is 6.98. The van der Waals surface area contributed by atoms with Crippen LogP contribution in [0.5, 0.6) is 5.75 Å². The standard InChI is InChI=1S/C14H16F3NO5S/c15-14(16,17)23-11-5-7-12(8-6-11)24(21,22)18-10-3-1-9(2-4-10)13(19)20/h5-10,18H,1-4H2,(H,19,20). The van der Waals surface area contributed by atoms with Gasteiger partial charge in [0.1, 0.15) is 5.75 Å². The smallest absolute Gasteiger partial charge is 0.481 e. The second-order valence-electron chi connectivity index (χ2n) is 5.53. The Morgan fingerprint density at radius 2 is 1.67 bits per heavy atom. The molecule has 6 nitrogen and oxygen atoms in total. The number of hydrogen-bond donors (Lipinski definition) is 2. The highest BCUT2D eigenvalue weighted by molar-refractivity contribution is 7.89. The van der Waals surface area contributed by atoms with E-state index in [1.165, 1.54) is 0 Å². The fourth-order valence-electron chi connectivity index (χ4n) is 2.57. The van der Waals surface area contributed by atoms with E-state index in [2.05, 4.69) is 9.46 Å². The number of alkyl halides is 3. The first-order valence-corrected chi connectivity index (χ1v) is 8.66. The molecule has 1 saturated carbocycles. The van der Waals surface area contributed by atoms with Crippen molar-refractivity contribution in [3.63, 3.8) is 0 Å². The number of halogens is 3. The van der Waals surface area contributed by atoms with Crippen LogP contribution in [0.15, 0.2) is 29.2 Å². The van der Waals surface area contributed by atoms with Gasteiger partial charge in [-0.3, -0.25) is 4.79 Å². The van der Waals surface area contributed by atoms with Crippen molar-refractivity contribution in [2.24, 2.45) is 5.92 Å². The molecule has 0 heterocycles. The van der Waals surface area contributed by atoms with Gasteiger partial charge in [-0.1, -0.05) is 0 Å². The van der Waals surface area contributed by atoms with Crippen molar-refractivity contribution < 1.29 is 36.2 Å². The van der Waals surface area contributed by atoms with Gasteiger partial charge in [0, 0.05) is 6.04 Å². The third kappa shape index (κ3) is 5.10. The predicted molar refractivity (Wildman–Crippen MR) is 76.8 cm³/mol. The van der Waals surface area contributed by atoms with Gasteiger partial charge in [0.2, 0.25) is 10.0 Å². The molecule has 134 valence electrons. The molecule has 1 aromatic rings. The van der Waals surface area contributed by atoms with E-state index in [9.17, 15) is 26.4 Å². The topological polar surface area (TPSA) is 92.7 Å². The van der Waals surface area contributed by atoms with Crippen molar-refractivity contribution in [3.05, 3.63) is 24.3 Å². The van der Waals surface area contributed by atoms with Crippen LogP contribution in [0, 0.1) is 5.92 Å². The van der Waals surface area contributed by atoms with E-state index in [-0.39, 0.29) is 4.90 Å². The highest BCUT2D eigenvalue weighted by Crippen LogP contribution is 2.27. The van der Waals surface area contributed by atoms with Gasteiger partial charge in [0.25, 0.3) is 0 Å². The first-order valence-electron chi connectivity index (χ1n) is 7.18. The summed E-state index contributed by atoms with van der Waals surface area (Å²) in [6, 6.07) is 3.49. The van der Waals surface area contributed by atoms with Gasteiger partial charge in [-0.15, -0.1) is 13.2 Å². The fourth-order valence-corrected chi connectivity index (χ4v) is 3.87. The minimum atomic E-state index is -4.85. The van der Waals surface area contributed by atoms with E-state index in [0.29, 0.717) is 25.7 Å². The van der Waals surface area contributed by atoms with E-state index in [0.717, 1.165) is 24.3 Å². The summed E-state index contributed by atoms with van der Waals surface area (Å²) in [4.78, 5) is 10.7. The monoisotopic (exact) mass is 367 g/mol. The number of aliphatic carboxylic acids is 1. The number of rotatable bonds is 5. The van der Waals surface area contributed by atoms with Gasteiger partial charge in [-0.25, -0.2) is 13.1 Å². The molecule has 0 radical (unpaired) electrons. The Morgan fingerprint density at radius 3 is 2.12 bits per heavy atom. The first kappa shape index (κ1) is 18.5. The zero-order valence-corrected chi connectivity index (χ0v) is 13.2. The third-order valence-corrected chi connectivity index (χ3v) is 5.30. The summed E-state index contributed by atoms with van der Waals surface area (Å²) in [5.41, 5.74) is 0. The van der Waals surface area contributed by atoms with E-state index in [1.807, 2.05) is 0 Å². The number of benzene rings is 1. The second-order valence-corrected chi connectivity index (χ2v) is 7.24. The number of carboxylic acid groups (broad SMARTS) is 1. The fraction of sp³-hybridized carbons (Fsp3) is 0.500. The molecule has 0 spiro atoms. The molecule has 1 aromatic carbocycles. The van der Waals surface area contributed by atoms with Crippen LogP contribution in [-0.2, 0) is 14.8 Å². The van der Waals surface area contributed by atoms with Crippen LogP contribution in [0.2, 0.25) is 0 Å². The van der Waals surface area contributed by atoms with Crippen molar-refractivity contribution in [2.45, 2.75) is 43.0 Å². The Morgan fingerprint density at radius 1 is 1.12 bits per heavy atom. The van der Waals surface area contributed by atoms with Crippen molar-refractivity contribution in [1.82, 2.24) is 4.72 Å². The number of carbonyl (C=O) groups is 1. The zero-order chi connectivity index (χ0) is 18.0. The Labute approximate surface area is 136 Å². The quantitative estimate of drug-likeness (QED) is 0.834. The number of ether oxygens (including phenoxy) is 1. The highest BCUT2D eigenvalue weighted by atomic mass is 32.2. The Kier molecular flexibility index (Phi) is 5.38. The molecule has 0 amide bonds. The van der Waals surface area contributed by atoms with E-state index < -0.39 is 40.1 Å². The van der Waals surface area contributed by atoms with E-state index in [4.69, 9.17) is 5.11 Å². The first-order chi connectivity index (χ1) is 11.1. The molecule has 1 aliphatic rings. The van der Waals surface area contributed by atoms with Crippen LogP contribution < -0.4 is 9.46 Å². The van der Waals surface area contributed by atoms with Crippen molar-refractivity contribution >= 4 is 16.0 Å². The SMILES string of the molecule is O=C(O)C1CCC(NS(=O)(=O)c2ccc(OC(F)(F)F)cc2)CC1. The molecule has 0 saturated heterocycles. The Balaban J connectivity index is 1.99. The van der Waals surface area contributed by atoms with Gasteiger partial charge < -0.3 is 9.84 Å². The molecule has 2 N–H and O–H groups in total. The number of hydrogen-bond acceptors (Lipinski definition) is 4. The summed E-state index contributed by atoms with van der Waals surface area (Å²) in [7, 11) is -3.89. The lowest BCUT2D eigenvalue weighted by molar-refractivity contribution is -0.274. The molecule has 1 aliphatic carbocycles. The van der Waals surface area contributed by atoms with Crippen LogP contribution >= 0.6 is 0 Å². The molecular weight excluding hydrogens is 351 g/mol. The van der Waals surface area contributed by atoms with Gasteiger partial charge in [0.05, 0.1) is 10.8 Å². The molecule has 10 heteroatoms. The van der Waals surface area contributed by atoms with Crippen LogP contribution in [0.4, 0.5) is 13.2 Å². The minimum absolute atomic E-state index is 0.183. The normalized spacial score (nSPS) is 22.1. The lowest BCUT2D eigenvalue weighted by Gasteiger charge is -2.26. The number of carboxylic acids is 1. The molecule has 0 aromatic heterocycles. The average molecular weight is 367 g/mol. The zero-order valence-electron chi connectivity index (χ0n) is 12.4. The van der Waals surface area contributed by atoms with E-state index in [1.54, 1.807) is 0 Å². The summed E-state index contributed by atoms with van der Waals surface area (Å²) >= 11 is 0.